The molecular formula is C86H88BN3S. The van der Waals surface area contributed by atoms with Gasteiger partial charge in [0.25, 0.3) is 6.71 Å². The average molecular weight is 1210 g/mol. The molecule has 3 nitrogen and oxygen atoms in total. The van der Waals surface area contributed by atoms with Crippen molar-refractivity contribution in [2.75, 3.05) is 14.7 Å². The Morgan fingerprint density at radius 2 is 0.791 bits per heavy atom. The second-order valence-electron chi connectivity index (χ2n) is 33.7. The molecule has 2 aliphatic heterocycles. The van der Waals surface area contributed by atoms with Crippen LogP contribution < -0.4 is 30.4 Å². The third-order valence-electron chi connectivity index (χ3n) is 24.6. The van der Waals surface area contributed by atoms with Gasteiger partial charge in [0.2, 0.25) is 0 Å². The first kappa shape index (κ1) is 57.3. The summed E-state index contributed by atoms with van der Waals surface area (Å²) in [6.07, 6.45) is 6.96. The Kier molecular flexibility index (Phi) is 11.7. The molecule has 9 aromatic carbocycles. The minimum Gasteiger partial charge on any atom is -0.311 e. The van der Waals surface area contributed by atoms with Gasteiger partial charge in [-0.3, -0.25) is 0 Å². The van der Waals surface area contributed by atoms with Crippen molar-refractivity contribution in [2.45, 2.75) is 193 Å². The largest absolute Gasteiger partial charge is 0.311 e. The van der Waals surface area contributed by atoms with Gasteiger partial charge in [0.1, 0.15) is 0 Å². The maximum atomic E-state index is 2.78. The summed E-state index contributed by atoms with van der Waals surface area (Å²) in [5, 5.41) is 1.37. The van der Waals surface area contributed by atoms with E-state index in [4.69, 9.17) is 0 Å². The summed E-state index contributed by atoms with van der Waals surface area (Å²) in [5.41, 5.74) is 33.4. The molecule has 0 fully saturated rings. The molecule has 0 atom stereocenters. The molecule has 456 valence electrons. The number of fused-ring (bicyclic) bond motifs is 15. The highest BCUT2D eigenvalue weighted by Gasteiger charge is 2.50. The van der Waals surface area contributed by atoms with Crippen molar-refractivity contribution in [1.82, 2.24) is 0 Å². The van der Waals surface area contributed by atoms with E-state index in [0.717, 1.165) is 42.7 Å². The van der Waals surface area contributed by atoms with Crippen LogP contribution in [0.1, 0.15) is 205 Å². The van der Waals surface area contributed by atoms with E-state index < -0.39 is 0 Å². The predicted octanol–water partition coefficient (Wildman–Crippen LogP) is 22.1. The second-order valence-corrected chi connectivity index (χ2v) is 34.8. The summed E-state index contributed by atoms with van der Waals surface area (Å²) in [7, 11) is 0. The number of para-hydroxylation sites is 1. The number of hydrogen-bond acceptors (Lipinski definition) is 4. The molecule has 0 bridgehead atoms. The maximum absolute atomic E-state index is 2.78. The van der Waals surface area contributed by atoms with Crippen LogP contribution in [0.2, 0.25) is 0 Å². The van der Waals surface area contributed by atoms with Crippen LogP contribution in [-0.2, 0) is 43.3 Å². The van der Waals surface area contributed by atoms with E-state index in [1.165, 1.54) is 151 Å². The molecule has 7 aliphatic rings. The fraction of sp³-hybridized carbons (Fsp3) is 0.349. The van der Waals surface area contributed by atoms with Gasteiger partial charge in [0.15, 0.2) is 0 Å². The Hall–Kier alpha value is -7.60. The molecule has 5 heteroatoms. The number of anilines is 9. The van der Waals surface area contributed by atoms with Crippen molar-refractivity contribution in [2.24, 2.45) is 0 Å². The smallest absolute Gasteiger partial charge is 0.264 e. The van der Waals surface area contributed by atoms with Crippen LogP contribution >= 0.6 is 11.3 Å². The highest BCUT2D eigenvalue weighted by molar-refractivity contribution is 7.33. The van der Waals surface area contributed by atoms with Gasteiger partial charge < -0.3 is 14.7 Å². The van der Waals surface area contributed by atoms with E-state index in [-0.39, 0.29) is 50.0 Å². The Morgan fingerprint density at radius 1 is 0.341 bits per heavy atom. The SMILES string of the molecule is CC1(C)CCC(C)(C)c2cc(N3c4cc5c(cc4B4c6sc7cc8c(cc7c6N(c6ccccc6)c6cc(N(c7ccc9c(c7)C(C)(C)c7ccccc7-9)c7ccc9c(c7)C(C)(C)c7ccccc7-9)cc3c64)C(C)(C)CCC8(C)C)C(C)(C)CCC5(C)C)ccc21. The molecule has 3 heterocycles. The highest BCUT2D eigenvalue weighted by atomic mass is 32.1. The maximum Gasteiger partial charge on any atom is 0.264 e. The van der Waals surface area contributed by atoms with Crippen LogP contribution in [0.3, 0.4) is 0 Å². The number of rotatable bonds is 5. The number of benzene rings is 9. The van der Waals surface area contributed by atoms with Gasteiger partial charge >= 0.3 is 0 Å². The number of nitrogens with zero attached hydrogens (tertiary/aromatic N) is 3. The predicted molar refractivity (Wildman–Crippen MR) is 392 cm³/mol. The molecule has 5 aliphatic carbocycles. The van der Waals surface area contributed by atoms with Crippen molar-refractivity contribution in [1.29, 1.82) is 0 Å². The Labute approximate surface area is 546 Å². The van der Waals surface area contributed by atoms with E-state index in [1.54, 1.807) is 0 Å². The summed E-state index contributed by atoms with van der Waals surface area (Å²) >= 11 is 2.07. The van der Waals surface area contributed by atoms with Crippen molar-refractivity contribution < 1.29 is 0 Å². The minimum absolute atomic E-state index is 0.00114. The number of hydrogen-bond donors (Lipinski definition) is 0. The molecule has 0 saturated heterocycles. The lowest BCUT2D eigenvalue weighted by Crippen LogP contribution is -2.61. The average Bonchev–Trinajstić information content (AvgIpc) is 1.67. The van der Waals surface area contributed by atoms with Crippen molar-refractivity contribution >= 4 is 95.0 Å². The molecule has 1 aromatic heterocycles. The standard InChI is InChI=1S/C86H88BN3S/c1-79(2)36-37-80(3,4)66-44-54(32-35-63(66)79)89-72-49-69-68(82(7,8)39-40-83(69,9)10)48-71(72)87-76-73(89)45-55(46-74(76)90(51-24-18-17-19-25-51)77-60-47-67-70(50-75(60)91-78(77)87)84(11,12)41-38-81(67,5)6)88(52-30-33-58-56-26-20-22-28-61(56)85(13,14)64(58)42-52)53-31-34-59-57-27-21-23-29-62(57)86(15,16)65(59)43-53/h17-35,42-50H,36-41H2,1-16H3. The molecule has 0 spiro atoms. The van der Waals surface area contributed by atoms with E-state index in [1.807, 2.05) is 0 Å². The van der Waals surface area contributed by atoms with E-state index in [2.05, 4.69) is 307 Å². The molecule has 0 radical (unpaired) electrons. The van der Waals surface area contributed by atoms with Crippen LogP contribution in [0.15, 0.2) is 170 Å². The lowest BCUT2D eigenvalue weighted by Gasteiger charge is -2.48. The van der Waals surface area contributed by atoms with Gasteiger partial charge in [0, 0.05) is 65.5 Å². The summed E-state index contributed by atoms with van der Waals surface area (Å²) < 4.78 is 2.83. The first-order valence-corrected chi connectivity index (χ1v) is 35.0. The first-order chi connectivity index (χ1) is 43.1. The summed E-state index contributed by atoms with van der Waals surface area (Å²) in [4.78, 5) is 8.16. The Bertz CT molecular complexity index is 4700. The van der Waals surface area contributed by atoms with Gasteiger partial charge in [-0.25, -0.2) is 0 Å². The zero-order chi connectivity index (χ0) is 63.2. The fourth-order valence-corrected chi connectivity index (χ4v) is 20.0. The monoisotopic (exact) mass is 1210 g/mol. The topological polar surface area (TPSA) is 9.72 Å². The highest BCUT2D eigenvalue weighted by Crippen LogP contribution is 2.59. The van der Waals surface area contributed by atoms with Crippen molar-refractivity contribution in [3.63, 3.8) is 0 Å². The first-order valence-electron chi connectivity index (χ1n) is 34.2. The molecule has 0 amide bonds. The van der Waals surface area contributed by atoms with Crippen LogP contribution in [-0.4, -0.2) is 6.71 Å². The molecular weight excluding hydrogens is 1120 g/mol. The molecule has 0 unspecified atom stereocenters. The molecule has 91 heavy (non-hydrogen) atoms. The third kappa shape index (κ3) is 7.98. The molecule has 0 N–H and O–H groups in total. The van der Waals surface area contributed by atoms with E-state index in [0.29, 0.717) is 0 Å². The molecule has 10 aromatic rings. The lowest BCUT2D eigenvalue weighted by molar-refractivity contribution is 0.332. The quantitative estimate of drug-likeness (QED) is 0.159. The van der Waals surface area contributed by atoms with Gasteiger partial charge in [-0.15, -0.1) is 11.3 Å². The Morgan fingerprint density at radius 3 is 1.34 bits per heavy atom. The van der Waals surface area contributed by atoms with Crippen molar-refractivity contribution in [3.8, 4) is 22.3 Å². The molecule has 0 saturated carbocycles. The fourth-order valence-electron chi connectivity index (χ4n) is 18.7. The third-order valence-corrected chi connectivity index (χ3v) is 25.8. The van der Waals surface area contributed by atoms with Crippen LogP contribution in [0.4, 0.5) is 51.2 Å². The van der Waals surface area contributed by atoms with Crippen LogP contribution in [0, 0.1) is 0 Å². The van der Waals surface area contributed by atoms with Gasteiger partial charge in [-0.2, -0.15) is 0 Å². The normalized spacial score (nSPS) is 20.0. The lowest BCUT2D eigenvalue weighted by atomic mass is 9.35. The van der Waals surface area contributed by atoms with Gasteiger partial charge in [-0.05, 0) is 239 Å². The summed E-state index contributed by atoms with van der Waals surface area (Å²) in [5.74, 6) is 0. The zero-order valence-corrected chi connectivity index (χ0v) is 57.6. The second kappa shape index (κ2) is 18.6. The summed E-state index contributed by atoms with van der Waals surface area (Å²) in [6, 6.07) is 68.3. The zero-order valence-electron chi connectivity index (χ0n) is 56.7. The van der Waals surface area contributed by atoms with Crippen molar-refractivity contribution in [3.05, 3.63) is 225 Å². The van der Waals surface area contributed by atoms with E-state index in [9.17, 15) is 0 Å². The summed E-state index contributed by atoms with van der Waals surface area (Å²) in [6.45, 7) is 39.7. The van der Waals surface area contributed by atoms with Crippen LogP contribution in [0.5, 0.6) is 0 Å². The Balaban J connectivity index is 1.02. The van der Waals surface area contributed by atoms with Gasteiger partial charge in [-0.1, -0.05) is 202 Å². The van der Waals surface area contributed by atoms with Gasteiger partial charge in [0.05, 0.1) is 11.4 Å². The number of thiophene rings is 1. The molecule has 17 rings (SSSR count). The van der Waals surface area contributed by atoms with E-state index >= 15 is 0 Å². The van der Waals surface area contributed by atoms with Crippen LogP contribution in [0.25, 0.3) is 32.3 Å². The minimum atomic E-state index is -0.204.